The van der Waals surface area contributed by atoms with Gasteiger partial charge >= 0.3 is 0 Å². The van der Waals surface area contributed by atoms with Gasteiger partial charge in [0.15, 0.2) is 0 Å². The third-order valence-electron chi connectivity index (χ3n) is 5.51. The summed E-state index contributed by atoms with van der Waals surface area (Å²) in [6, 6.07) is 19.8. The molecule has 0 unspecified atom stereocenters. The van der Waals surface area contributed by atoms with Gasteiger partial charge in [-0.1, -0.05) is 36.4 Å². The second kappa shape index (κ2) is 8.50. The molecule has 2 aromatic heterocycles. The Labute approximate surface area is 190 Å². The monoisotopic (exact) mass is 468 g/mol. The van der Waals surface area contributed by atoms with Crippen molar-refractivity contribution in [2.24, 2.45) is 0 Å². The second-order valence-corrected chi connectivity index (χ2v) is 10.3. The Bertz CT molecular complexity index is 1310. The number of hydrogen-bond acceptors (Lipinski definition) is 5. The van der Waals surface area contributed by atoms with Crippen molar-refractivity contribution >= 4 is 27.0 Å². The summed E-state index contributed by atoms with van der Waals surface area (Å²) in [7, 11) is -3.79. The van der Waals surface area contributed by atoms with E-state index in [1.54, 1.807) is 29.1 Å². The zero-order chi connectivity index (χ0) is 22.1. The summed E-state index contributed by atoms with van der Waals surface area (Å²) in [6.07, 6.45) is 1.59. The van der Waals surface area contributed by atoms with Crippen molar-refractivity contribution in [3.05, 3.63) is 84.1 Å². The molecule has 6 nitrogen and oxygen atoms in total. The lowest BCUT2D eigenvalue weighted by molar-refractivity contribution is 0.383. The summed E-state index contributed by atoms with van der Waals surface area (Å²) in [6.45, 7) is 1.39. The van der Waals surface area contributed by atoms with E-state index < -0.39 is 10.0 Å². The number of nitrogens with zero attached hydrogens (tertiary/aromatic N) is 4. The molecule has 32 heavy (non-hydrogen) atoms. The molecule has 1 aliphatic heterocycles. The van der Waals surface area contributed by atoms with Crippen LogP contribution < -0.4 is 4.90 Å². The average molecular weight is 469 g/mol. The van der Waals surface area contributed by atoms with Crippen molar-refractivity contribution in [3.8, 4) is 16.3 Å². The number of thiophene rings is 1. The van der Waals surface area contributed by atoms with Gasteiger partial charge in [0.25, 0.3) is 0 Å². The van der Waals surface area contributed by atoms with Crippen molar-refractivity contribution in [2.75, 3.05) is 31.1 Å². The molecule has 9 heteroatoms. The molecule has 3 heterocycles. The molecule has 1 saturated heterocycles. The molecule has 0 bridgehead atoms. The van der Waals surface area contributed by atoms with Crippen LogP contribution in [0.2, 0.25) is 0 Å². The molecule has 5 rings (SSSR count). The molecule has 2 aromatic carbocycles. The molecule has 1 aliphatic rings. The van der Waals surface area contributed by atoms with Gasteiger partial charge in [0.2, 0.25) is 10.0 Å². The Morgan fingerprint density at radius 1 is 0.875 bits per heavy atom. The number of rotatable bonds is 5. The van der Waals surface area contributed by atoms with E-state index in [4.69, 9.17) is 0 Å². The first-order chi connectivity index (χ1) is 15.5. The number of benzene rings is 2. The van der Waals surface area contributed by atoms with Crippen molar-refractivity contribution < 1.29 is 12.8 Å². The topological polar surface area (TPSA) is 58.4 Å². The highest BCUT2D eigenvalue weighted by Crippen LogP contribution is 2.33. The summed E-state index contributed by atoms with van der Waals surface area (Å²) < 4.78 is 44.5. The highest BCUT2D eigenvalue weighted by molar-refractivity contribution is 7.89. The lowest BCUT2D eigenvalue weighted by Crippen LogP contribution is -2.48. The van der Waals surface area contributed by atoms with Crippen LogP contribution in [-0.4, -0.2) is 48.7 Å². The average Bonchev–Trinajstić information content (AvgIpc) is 3.51. The number of piperazine rings is 1. The fourth-order valence-corrected chi connectivity index (χ4v) is 6.20. The molecular weight excluding hydrogens is 447 g/mol. The minimum Gasteiger partial charge on any atom is -0.367 e. The van der Waals surface area contributed by atoms with Crippen LogP contribution in [-0.2, 0) is 10.0 Å². The van der Waals surface area contributed by atoms with Gasteiger partial charge in [-0.25, -0.2) is 17.5 Å². The maximum atomic E-state index is 14.2. The number of para-hydroxylation sites is 2. The maximum absolute atomic E-state index is 14.2. The van der Waals surface area contributed by atoms with Crippen LogP contribution in [0.1, 0.15) is 0 Å². The van der Waals surface area contributed by atoms with Crippen molar-refractivity contribution in [1.29, 1.82) is 0 Å². The molecular formula is C23H21FN4O2S2. The van der Waals surface area contributed by atoms with Gasteiger partial charge in [0.1, 0.15) is 16.4 Å². The van der Waals surface area contributed by atoms with Gasteiger partial charge in [-0.3, -0.25) is 0 Å². The fraction of sp³-hybridized carbons (Fsp3) is 0.174. The second-order valence-electron chi connectivity index (χ2n) is 7.44. The molecule has 0 spiro atoms. The normalized spacial score (nSPS) is 15.2. The van der Waals surface area contributed by atoms with E-state index >= 15 is 0 Å². The smallest absolute Gasteiger partial charge is 0.247 e. The van der Waals surface area contributed by atoms with Crippen LogP contribution in [0.25, 0.3) is 16.3 Å². The Kier molecular flexibility index (Phi) is 5.54. The van der Waals surface area contributed by atoms with Gasteiger partial charge in [0.05, 0.1) is 22.4 Å². The highest BCUT2D eigenvalue weighted by Gasteiger charge is 2.33. The van der Waals surface area contributed by atoms with E-state index in [0.29, 0.717) is 24.5 Å². The molecule has 0 saturated carbocycles. The minimum atomic E-state index is -3.79. The summed E-state index contributed by atoms with van der Waals surface area (Å²) in [5, 5.41) is 6.52. The van der Waals surface area contributed by atoms with Crippen LogP contribution in [0.5, 0.6) is 0 Å². The van der Waals surface area contributed by atoms with E-state index in [2.05, 4.69) is 5.10 Å². The summed E-state index contributed by atoms with van der Waals surface area (Å²) in [5.74, 6) is -0.298. The van der Waals surface area contributed by atoms with Crippen LogP contribution in [0.15, 0.2) is 83.2 Å². The summed E-state index contributed by atoms with van der Waals surface area (Å²) in [5.41, 5.74) is 1.73. The number of anilines is 1. The molecule has 0 radical (unpaired) electrons. The summed E-state index contributed by atoms with van der Waals surface area (Å²) in [4.78, 5) is 2.86. The van der Waals surface area contributed by atoms with Crippen LogP contribution in [0, 0.1) is 5.82 Å². The quantitative estimate of drug-likeness (QED) is 0.439. The van der Waals surface area contributed by atoms with Crippen molar-refractivity contribution in [1.82, 2.24) is 14.1 Å². The predicted molar refractivity (Wildman–Crippen MR) is 124 cm³/mol. The standard InChI is InChI=1S/C23H21FN4O2S2/c24-19-9-4-5-10-20(19)26-12-14-27(15-13-26)32(29,30)22-17-28(18-7-2-1-3-8-18)25-23(22)21-11-6-16-31-21/h1-11,16-17H,12-15H2. The maximum Gasteiger partial charge on any atom is 0.247 e. The van der Waals surface area contributed by atoms with Crippen LogP contribution >= 0.6 is 11.3 Å². The van der Waals surface area contributed by atoms with E-state index in [9.17, 15) is 12.8 Å². The van der Waals surface area contributed by atoms with E-state index in [-0.39, 0.29) is 23.8 Å². The Balaban J connectivity index is 1.46. The Morgan fingerprint density at radius 3 is 2.28 bits per heavy atom. The lowest BCUT2D eigenvalue weighted by Gasteiger charge is -2.35. The molecule has 0 N–H and O–H groups in total. The number of sulfonamides is 1. The molecule has 4 aromatic rings. The first kappa shape index (κ1) is 20.9. The van der Waals surface area contributed by atoms with E-state index in [1.165, 1.54) is 21.7 Å². The highest BCUT2D eigenvalue weighted by atomic mass is 32.2. The Morgan fingerprint density at radius 2 is 1.59 bits per heavy atom. The molecule has 0 atom stereocenters. The van der Waals surface area contributed by atoms with Gasteiger partial charge in [-0.15, -0.1) is 11.3 Å². The van der Waals surface area contributed by atoms with Gasteiger partial charge in [-0.2, -0.15) is 9.40 Å². The number of aromatic nitrogens is 2. The third-order valence-corrected chi connectivity index (χ3v) is 8.28. The number of hydrogen-bond donors (Lipinski definition) is 0. The van der Waals surface area contributed by atoms with E-state index in [0.717, 1.165) is 10.6 Å². The van der Waals surface area contributed by atoms with Gasteiger partial charge < -0.3 is 4.90 Å². The largest absolute Gasteiger partial charge is 0.367 e. The van der Waals surface area contributed by atoms with Crippen molar-refractivity contribution in [3.63, 3.8) is 0 Å². The van der Waals surface area contributed by atoms with Gasteiger partial charge in [0, 0.05) is 26.2 Å². The van der Waals surface area contributed by atoms with Gasteiger partial charge in [-0.05, 0) is 35.7 Å². The Hall–Kier alpha value is -3.01. The van der Waals surface area contributed by atoms with Crippen molar-refractivity contribution in [2.45, 2.75) is 4.90 Å². The third kappa shape index (κ3) is 3.83. The van der Waals surface area contributed by atoms with Crippen LogP contribution in [0.3, 0.4) is 0 Å². The summed E-state index contributed by atoms with van der Waals surface area (Å²) >= 11 is 1.45. The first-order valence-electron chi connectivity index (χ1n) is 10.2. The SMILES string of the molecule is O=S(=O)(c1cn(-c2ccccc2)nc1-c1cccs1)N1CCN(c2ccccc2F)CC1. The zero-order valence-corrected chi connectivity index (χ0v) is 18.8. The minimum absolute atomic E-state index is 0.183. The number of halogens is 1. The zero-order valence-electron chi connectivity index (χ0n) is 17.1. The molecule has 1 fully saturated rings. The molecule has 0 aliphatic carbocycles. The van der Waals surface area contributed by atoms with E-state index in [1.807, 2.05) is 52.7 Å². The van der Waals surface area contributed by atoms with Crippen LogP contribution in [0.4, 0.5) is 10.1 Å². The molecule has 164 valence electrons. The first-order valence-corrected chi connectivity index (χ1v) is 12.5. The fourth-order valence-electron chi connectivity index (χ4n) is 3.86. The molecule has 0 amide bonds. The predicted octanol–water partition coefficient (Wildman–Crippen LogP) is 4.25. The lowest BCUT2D eigenvalue weighted by atomic mass is 10.2.